The van der Waals surface area contributed by atoms with Crippen LogP contribution in [0.25, 0.3) is 0 Å². The van der Waals surface area contributed by atoms with E-state index in [0.717, 1.165) is 0 Å². The van der Waals surface area contributed by atoms with E-state index in [1.54, 1.807) is 0 Å². The third-order valence-corrected chi connectivity index (χ3v) is 1.98. The van der Waals surface area contributed by atoms with Crippen molar-refractivity contribution in [2.24, 2.45) is 5.73 Å². The second-order valence-corrected chi connectivity index (χ2v) is 5.93. The molecule has 0 aliphatic carbocycles. The highest BCUT2D eigenvalue weighted by Gasteiger charge is 2.10. The molecule has 4 nitrogen and oxygen atoms in total. The van der Waals surface area contributed by atoms with Crippen LogP contribution in [-0.4, -0.2) is 39.2 Å². The Morgan fingerprint density at radius 3 is 2.25 bits per heavy atom. The van der Waals surface area contributed by atoms with Crippen LogP contribution in [0.2, 0.25) is 0 Å². The summed E-state index contributed by atoms with van der Waals surface area (Å²) < 4.78 is 26.4. The maximum Gasteiger partial charge on any atom is 0.149 e. The molecule has 0 aliphatic rings. The number of nitrogens with two attached hydrogens (primary N) is 1. The summed E-state index contributed by atoms with van der Waals surface area (Å²) in [5.74, 6) is 0.0586. The molecule has 0 spiro atoms. The number of hydrogen-bond donors (Lipinski definition) is 1. The van der Waals surface area contributed by atoms with Gasteiger partial charge >= 0.3 is 0 Å². The summed E-state index contributed by atoms with van der Waals surface area (Å²) in [6.45, 7) is 4.25. The fraction of sp³-hybridized carbons (Fsp3) is 1.00. The first-order chi connectivity index (χ1) is 5.21. The monoisotopic (exact) mass is 195 g/mol. The Bertz CT molecular complexity index is 215. The van der Waals surface area contributed by atoms with Crippen molar-refractivity contribution in [3.8, 4) is 0 Å². The van der Waals surface area contributed by atoms with Crippen LogP contribution in [-0.2, 0) is 14.6 Å². The highest BCUT2D eigenvalue weighted by Crippen LogP contribution is 1.96. The van der Waals surface area contributed by atoms with Gasteiger partial charge in [-0.2, -0.15) is 0 Å². The van der Waals surface area contributed by atoms with E-state index >= 15 is 0 Å². The number of hydrogen-bond acceptors (Lipinski definition) is 4. The van der Waals surface area contributed by atoms with E-state index < -0.39 is 15.4 Å². The summed E-state index contributed by atoms with van der Waals surface area (Å²) in [6.07, 6.45) is 1.18. The predicted octanol–water partition coefficient (Wildman–Crippen LogP) is -0.215. The highest BCUT2D eigenvalue weighted by atomic mass is 32.2. The first-order valence-corrected chi connectivity index (χ1v) is 5.81. The van der Waals surface area contributed by atoms with Gasteiger partial charge in [0.25, 0.3) is 0 Å². The summed E-state index contributed by atoms with van der Waals surface area (Å²) >= 11 is 0. The van der Waals surface area contributed by atoms with Gasteiger partial charge < -0.3 is 10.5 Å². The molecule has 2 N–H and O–H groups in total. The van der Waals surface area contributed by atoms with Crippen molar-refractivity contribution in [1.29, 1.82) is 0 Å². The average molecular weight is 195 g/mol. The molecule has 74 valence electrons. The van der Waals surface area contributed by atoms with Gasteiger partial charge in [-0.3, -0.25) is 0 Å². The molecule has 0 atom stereocenters. The van der Waals surface area contributed by atoms with Crippen LogP contribution in [0, 0.1) is 0 Å². The minimum Gasteiger partial charge on any atom is -0.379 e. The molecule has 0 unspecified atom stereocenters. The van der Waals surface area contributed by atoms with Crippen LogP contribution in [0.15, 0.2) is 0 Å². The molecule has 0 aromatic rings. The summed E-state index contributed by atoms with van der Waals surface area (Å²) in [5.41, 5.74) is 5.22. The first-order valence-electron chi connectivity index (χ1n) is 3.75. The highest BCUT2D eigenvalue weighted by molar-refractivity contribution is 7.90. The molecule has 0 radical (unpaired) electrons. The number of sulfone groups is 1. The molecule has 0 amide bonds. The van der Waals surface area contributed by atoms with Crippen molar-refractivity contribution >= 4 is 9.84 Å². The maximum atomic E-state index is 10.6. The molecule has 0 heterocycles. The molecule has 0 fully saturated rings. The van der Waals surface area contributed by atoms with Gasteiger partial charge in [-0.1, -0.05) is 0 Å². The van der Waals surface area contributed by atoms with Gasteiger partial charge in [0.2, 0.25) is 0 Å². The van der Waals surface area contributed by atoms with Crippen molar-refractivity contribution < 1.29 is 13.2 Å². The summed E-state index contributed by atoms with van der Waals surface area (Å²) in [4.78, 5) is 0. The Hall–Kier alpha value is -0.130. The largest absolute Gasteiger partial charge is 0.379 e. The molecule has 0 saturated heterocycles. The van der Waals surface area contributed by atoms with Gasteiger partial charge in [-0.25, -0.2) is 8.42 Å². The van der Waals surface area contributed by atoms with Crippen molar-refractivity contribution in [2.75, 3.05) is 25.2 Å². The van der Waals surface area contributed by atoms with Gasteiger partial charge in [-0.15, -0.1) is 0 Å². The molecular weight excluding hydrogens is 178 g/mol. The standard InChI is InChI=1S/C7H17NO3S/c1-7(2,8)6-11-4-5-12(3,9)10/h4-6,8H2,1-3H3. The first kappa shape index (κ1) is 11.9. The zero-order valence-corrected chi connectivity index (χ0v) is 8.65. The molecule has 0 saturated carbocycles. The minimum atomic E-state index is -2.91. The molecule has 0 aromatic carbocycles. The van der Waals surface area contributed by atoms with Crippen molar-refractivity contribution in [2.45, 2.75) is 19.4 Å². The Morgan fingerprint density at radius 2 is 1.92 bits per heavy atom. The second-order valence-electron chi connectivity index (χ2n) is 3.67. The third kappa shape index (κ3) is 9.87. The zero-order valence-electron chi connectivity index (χ0n) is 7.83. The average Bonchev–Trinajstić information content (AvgIpc) is 1.76. The van der Waals surface area contributed by atoms with Crippen molar-refractivity contribution in [3.05, 3.63) is 0 Å². The van der Waals surface area contributed by atoms with Gasteiger partial charge in [0.1, 0.15) is 9.84 Å². The quantitative estimate of drug-likeness (QED) is 0.616. The maximum absolute atomic E-state index is 10.6. The van der Waals surface area contributed by atoms with Gasteiger partial charge in [-0.05, 0) is 13.8 Å². The second kappa shape index (κ2) is 4.20. The van der Waals surface area contributed by atoms with Crippen molar-refractivity contribution in [1.82, 2.24) is 0 Å². The van der Waals surface area contributed by atoms with E-state index in [4.69, 9.17) is 10.5 Å². The SMILES string of the molecule is CC(C)(N)COCCS(C)(=O)=O. The molecule has 0 rings (SSSR count). The van der Waals surface area contributed by atoms with E-state index in [0.29, 0.717) is 6.61 Å². The van der Waals surface area contributed by atoms with Gasteiger partial charge in [0.05, 0.1) is 19.0 Å². The molecule has 5 heteroatoms. The van der Waals surface area contributed by atoms with E-state index in [1.165, 1.54) is 6.26 Å². The van der Waals surface area contributed by atoms with Crippen LogP contribution in [0.5, 0.6) is 0 Å². The fourth-order valence-corrected chi connectivity index (χ4v) is 0.966. The fourth-order valence-electron chi connectivity index (χ4n) is 0.546. The lowest BCUT2D eigenvalue weighted by Crippen LogP contribution is -2.37. The van der Waals surface area contributed by atoms with Crippen LogP contribution in [0.3, 0.4) is 0 Å². The lowest BCUT2D eigenvalue weighted by molar-refractivity contribution is 0.109. The van der Waals surface area contributed by atoms with Crippen LogP contribution in [0.1, 0.15) is 13.8 Å². The Balaban J connectivity index is 3.48. The number of rotatable bonds is 5. The number of ether oxygens (including phenoxy) is 1. The third-order valence-electron chi connectivity index (χ3n) is 1.07. The Labute approximate surface area is 74.0 Å². The lowest BCUT2D eigenvalue weighted by Gasteiger charge is -2.17. The van der Waals surface area contributed by atoms with Crippen molar-refractivity contribution in [3.63, 3.8) is 0 Å². The smallest absolute Gasteiger partial charge is 0.149 e. The molecule has 0 aromatic heterocycles. The molecule has 12 heavy (non-hydrogen) atoms. The van der Waals surface area contributed by atoms with E-state index in [2.05, 4.69) is 0 Å². The Morgan fingerprint density at radius 1 is 1.42 bits per heavy atom. The minimum absolute atomic E-state index is 0.0586. The topological polar surface area (TPSA) is 69.4 Å². The van der Waals surface area contributed by atoms with E-state index in [1.807, 2.05) is 13.8 Å². The molecular formula is C7H17NO3S. The summed E-state index contributed by atoms with van der Waals surface area (Å²) in [5, 5.41) is 0. The van der Waals surface area contributed by atoms with E-state index in [-0.39, 0.29) is 12.4 Å². The summed E-state index contributed by atoms with van der Waals surface area (Å²) in [6, 6.07) is 0. The van der Waals surface area contributed by atoms with E-state index in [9.17, 15) is 8.42 Å². The normalized spacial score (nSPS) is 13.3. The lowest BCUT2D eigenvalue weighted by atomic mass is 10.1. The molecule has 0 aliphatic heterocycles. The predicted molar refractivity (Wildman–Crippen MR) is 48.8 cm³/mol. The van der Waals surface area contributed by atoms with Crippen LogP contribution in [0.4, 0.5) is 0 Å². The van der Waals surface area contributed by atoms with Gasteiger partial charge in [0, 0.05) is 11.8 Å². The van der Waals surface area contributed by atoms with Crippen LogP contribution >= 0.6 is 0 Å². The zero-order chi connectivity index (χ0) is 9.83. The summed E-state index contributed by atoms with van der Waals surface area (Å²) in [7, 11) is -2.91. The Kier molecular flexibility index (Phi) is 4.16. The van der Waals surface area contributed by atoms with Gasteiger partial charge in [0.15, 0.2) is 0 Å². The van der Waals surface area contributed by atoms with Crippen LogP contribution < -0.4 is 5.73 Å². The molecule has 0 bridgehead atoms.